The number of alkyl halides is 2. The van der Waals surface area contributed by atoms with Gasteiger partial charge in [-0.2, -0.15) is 0 Å². The second-order valence-electron chi connectivity index (χ2n) is 6.72. The lowest BCUT2D eigenvalue weighted by atomic mass is 10.1. The molecule has 7 nitrogen and oxygen atoms in total. The van der Waals surface area contributed by atoms with E-state index in [0.717, 1.165) is 21.5 Å². The first kappa shape index (κ1) is 20.7. The van der Waals surface area contributed by atoms with Gasteiger partial charge in [-0.1, -0.05) is 41.1 Å². The quantitative estimate of drug-likeness (QED) is 0.639. The molecule has 0 aliphatic carbocycles. The highest BCUT2D eigenvalue weighted by molar-refractivity contribution is 9.10. The average Bonchev–Trinajstić information content (AvgIpc) is 3.13. The van der Waals surface area contributed by atoms with Crippen molar-refractivity contribution >= 4 is 55.4 Å². The predicted octanol–water partition coefficient (Wildman–Crippen LogP) is 3.87. The number of nitrogens with two attached hydrogens (primary N) is 1. The van der Waals surface area contributed by atoms with Crippen LogP contribution in [-0.4, -0.2) is 47.2 Å². The number of anilines is 4. The van der Waals surface area contributed by atoms with E-state index in [-0.39, 0.29) is 22.0 Å². The normalized spacial score (nSPS) is 14.8. The van der Waals surface area contributed by atoms with Gasteiger partial charge in [0.05, 0.1) is 17.1 Å². The lowest BCUT2D eigenvalue weighted by molar-refractivity contribution is -0.134. The number of nitrogens with one attached hydrogen (secondary N) is 1. The van der Waals surface area contributed by atoms with E-state index in [1.807, 2.05) is 24.8 Å². The van der Waals surface area contributed by atoms with Gasteiger partial charge in [0.2, 0.25) is 11.0 Å². The fraction of sp³-hybridized carbons (Fsp3) is 0.471. The summed E-state index contributed by atoms with van der Waals surface area (Å²) in [5.74, 6) is 0.124. The van der Waals surface area contributed by atoms with Gasteiger partial charge < -0.3 is 20.9 Å². The number of piperazine rings is 1. The molecule has 11 heteroatoms. The van der Waals surface area contributed by atoms with Crippen molar-refractivity contribution in [1.29, 1.82) is 0 Å². The van der Waals surface area contributed by atoms with E-state index in [0.29, 0.717) is 37.6 Å². The Balaban J connectivity index is 1.77. The molecular weight excluding hydrogens is 454 g/mol. The van der Waals surface area contributed by atoms with Crippen molar-refractivity contribution in [2.75, 3.05) is 42.1 Å². The number of aromatic nitrogens is 2. The largest absolute Gasteiger partial charge is 0.395 e. The van der Waals surface area contributed by atoms with Crippen LogP contribution in [0.4, 0.5) is 31.0 Å². The topological polar surface area (TPSA) is 87.4 Å². The van der Waals surface area contributed by atoms with Gasteiger partial charge in [0.1, 0.15) is 0 Å². The van der Waals surface area contributed by atoms with Gasteiger partial charge in [0.25, 0.3) is 6.43 Å². The molecule has 1 aliphatic rings. The van der Waals surface area contributed by atoms with Crippen LogP contribution in [-0.2, 0) is 4.79 Å². The maximum absolute atomic E-state index is 12.7. The molecule has 1 aromatic heterocycles. The Bertz CT molecular complexity index is 854. The highest BCUT2D eigenvalue weighted by Gasteiger charge is 2.25. The first-order chi connectivity index (χ1) is 13.3. The first-order valence-electron chi connectivity index (χ1n) is 8.77. The number of rotatable bonds is 5. The molecule has 28 heavy (non-hydrogen) atoms. The summed E-state index contributed by atoms with van der Waals surface area (Å²) < 4.78 is 26.2. The minimum absolute atomic E-state index is 0.0247. The highest BCUT2D eigenvalue weighted by atomic mass is 79.9. The third kappa shape index (κ3) is 4.52. The number of nitrogen functional groups attached to an aromatic ring is 1. The molecule has 0 atom stereocenters. The Hall–Kier alpha value is -2.01. The van der Waals surface area contributed by atoms with Crippen molar-refractivity contribution in [3.8, 4) is 0 Å². The summed E-state index contributed by atoms with van der Waals surface area (Å²) in [6.45, 7) is 6.36. The molecule has 1 amide bonds. The van der Waals surface area contributed by atoms with Gasteiger partial charge in [-0.3, -0.25) is 4.79 Å². The zero-order valence-corrected chi connectivity index (χ0v) is 17.9. The zero-order chi connectivity index (χ0) is 20.4. The summed E-state index contributed by atoms with van der Waals surface area (Å²) in [4.78, 5) is 16.1. The highest BCUT2D eigenvalue weighted by Crippen LogP contribution is 2.37. The fourth-order valence-corrected chi connectivity index (χ4v) is 4.05. The van der Waals surface area contributed by atoms with Gasteiger partial charge in [-0.05, 0) is 12.1 Å². The smallest absolute Gasteiger partial charge is 0.291 e. The summed E-state index contributed by atoms with van der Waals surface area (Å²) in [5.41, 5.74) is 8.20. The number of carbonyl (C=O) groups is 1. The molecule has 0 unspecified atom stereocenters. The van der Waals surface area contributed by atoms with Crippen LogP contribution in [0.25, 0.3) is 0 Å². The number of nitrogens with zero attached hydrogens (tertiary/aromatic N) is 4. The molecular formula is C17H21BrF2N6OS. The summed E-state index contributed by atoms with van der Waals surface area (Å²) in [6, 6.07) is 3.67. The molecule has 1 aromatic carbocycles. The van der Waals surface area contributed by atoms with Crippen LogP contribution < -0.4 is 16.0 Å². The fourth-order valence-electron chi connectivity index (χ4n) is 2.99. The van der Waals surface area contributed by atoms with Crippen LogP contribution in [0.1, 0.15) is 25.3 Å². The number of benzene rings is 1. The molecule has 1 saturated heterocycles. The van der Waals surface area contributed by atoms with Crippen molar-refractivity contribution in [2.24, 2.45) is 5.92 Å². The molecule has 1 aliphatic heterocycles. The maximum Gasteiger partial charge on any atom is 0.291 e. The number of carbonyl (C=O) groups excluding carboxylic acids is 1. The Kier molecular flexibility index (Phi) is 6.33. The average molecular weight is 475 g/mol. The van der Waals surface area contributed by atoms with Crippen LogP contribution in [0.5, 0.6) is 0 Å². The number of hydrogen-bond acceptors (Lipinski definition) is 7. The van der Waals surface area contributed by atoms with Gasteiger partial charge in [-0.15, -0.1) is 10.2 Å². The molecule has 3 N–H and O–H groups in total. The molecule has 0 saturated carbocycles. The Morgan fingerprint density at radius 3 is 2.50 bits per heavy atom. The van der Waals surface area contributed by atoms with Gasteiger partial charge in [0.15, 0.2) is 5.01 Å². The minimum atomic E-state index is -2.66. The number of hydrogen-bond donors (Lipinski definition) is 2. The number of amides is 1. The van der Waals surface area contributed by atoms with Crippen molar-refractivity contribution in [3.05, 3.63) is 21.6 Å². The van der Waals surface area contributed by atoms with E-state index in [4.69, 9.17) is 5.73 Å². The monoisotopic (exact) mass is 474 g/mol. The molecule has 0 spiro atoms. The molecule has 2 heterocycles. The molecule has 0 radical (unpaired) electrons. The van der Waals surface area contributed by atoms with Crippen LogP contribution in [0.3, 0.4) is 0 Å². The molecule has 0 bridgehead atoms. The van der Waals surface area contributed by atoms with Gasteiger partial charge in [0, 0.05) is 36.6 Å². The molecule has 3 rings (SSSR count). The van der Waals surface area contributed by atoms with Crippen molar-refractivity contribution in [2.45, 2.75) is 20.3 Å². The Morgan fingerprint density at radius 1 is 1.25 bits per heavy atom. The lowest BCUT2D eigenvalue weighted by Crippen LogP contribution is -2.50. The van der Waals surface area contributed by atoms with Gasteiger partial charge >= 0.3 is 0 Å². The summed E-state index contributed by atoms with van der Waals surface area (Å²) >= 11 is 4.26. The van der Waals surface area contributed by atoms with Crippen molar-refractivity contribution in [3.63, 3.8) is 0 Å². The van der Waals surface area contributed by atoms with Crippen LogP contribution >= 0.6 is 27.3 Å². The summed E-state index contributed by atoms with van der Waals surface area (Å²) in [7, 11) is 0. The van der Waals surface area contributed by atoms with Crippen LogP contribution in [0.15, 0.2) is 16.6 Å². The van der Waals surface area contributed by atoms with E-state index < -0.39 is 6.43 Å². The second kappa shape index (κ2) is 8.56. The zero-order valence-electron chi connectivity index (χ0n) is 15.5. The molecule has 2 aromatic rings. The Labute approximate surface area is 174 Å². The standard InChI is InChI=1S/C17H21BrF2N6OS/c1-9(2)16(27)26-5-3-25(4-6-26)12-8-10(18)7-11(13(12)21)22-17-24-23-15(28-17)14(19)20/h7-9,14H,3-6,21H2,1-2H3,(H,22,24). The lowest BCUT2D eigenvalue weighted by Gasteiger charge is -2.37. The van der Waals surface area contributed by atoms with Crippen LogP contribution in [0.2, 0.25) is 0 Å². The first-order valence-corrected chi connectivity index (χ1v) is 10.4. The Morgan fingerprint density at radius 2 is 1.93 bits per heavy atom. The van der Waals surface area contributed by atoms with E-state index in [2.05, 4.69) is 36.3 Å². The molecule has 1 fully saturated rings. The van der Waals surface area contributed by atoms with Gasteiger partial charge in [-0.25, -0.2) is 8.78 Å². The van der Waals surface area contributed by atoms with Crippen molar-refractivity contribution < 1.29 is 13.6 Å². The summed E-state index contributed by atoms with van der Waals surface area (Å²) in [6.07, 6.45) is -2.66. The summed E-state index contributed by atoms with van der Waals surface area (Å²) in [5, 5.41) is 10.1. The van der Waals surface area contributed by atoms with E-state index >= 15 is 0 Å². The third-order valence-electron chi connectivity index (χ3n) is 4.42. The van der Waals surface area contributed by atoms with E-state index in [9.17, 15) is 13.6 Å². The van der Waals surface area contributed by atoms with E-state index in [1.165, 1.54) is 0 Å². The second-order valence-corrected chi connectivity index (χ2v) is 8.65. The predicted molar refractivity (Wildman–Crippen MR) is 110 cm³/mol. The van der Waals surface area contributed by atoms with Crippen molar-refractivity contribution in [1.82, 2.24) is 15.1 Å². The molecule has 152 valence electrons. The van der Waals surface area contributed by atoms with E-state index in [1.54, 1.807) is 6.07 Å². The third-order valence-corrected chi connectivity index (χ3v) is 5.72. The number of halogens is 3. The van der Waals surface area contributed by atoms with Crippen LogP contribution in [0, 0.1) is 5.92 Å². The SMILES string of the molecule is CC(C)C(=O)N1CCN(c2cc(Br)cc(Nc3nnc(C(F)F)s3)c2N)CC1. The minimum Gasteiger partial charge on any atom is -0.395 e. The maximum atomic E-state index is 12.7.